The van der Waals surface area contributed by atoms with Gasteiger partial charge in [0, 0.05) is 12.6 Å². The lowest BCUT2D eigenvalue weighted by Crippen LogP contribution is -2.41. The first kappa shape index (κ1) is 15.3. The number of likely N-dealkylation sites (tertiary alicyclic amines) is 1. The highest BCUT2D eigenvalue weighted by Crippen LogP contribution is 2.40. The number of nitrogens with zero attached hydrogens (tertiary/aromatic N) is 1. The predicted molar refractivity (Wildman–Crippen MR) is 81.0 cm³/mol. The number of hydrogen-bond acceptors (Lipinski definition) is 2. The fourth-order valence-electron chi connectivity index (χ4n) is 3.82. The van der Waals surface area contributed by atoms with Gasteiger partial charge in [-0.3, -0.25) is 9.69 Å². The van der Waals surface area contributed by atoms with Crippen LogP contribution in [0.3, 0.4) is 0 Å². The van der Waals surface area contributed by atoms with Gasteiger partial charge in [0.2, 0.25) is 0 Å². The Balaban J connectivity index is 0.00000147. The van der Waals surface area contributed by atoms with Crippen molar-refractivity contribution in [2.75, 3.05) is 0 Å². The van der Waals surface area contributed by atoms with Crippen LogP contribution in [0.2, 0.25) is 0 Å². The third-order valence-corrected chi connectivity index (χ3v) is 4.71. The molecule has 2 aliphatic rings. The maximum atomic E-state index is 11.5. The van der Waals surface area contributed by atoms with E-state index in [-0.39, 0.29) is 18.4 Å². The van der Waals surface area contributed by atoms with Crippen molar-refractivity contribution in [2.45, 2.75) is 50.7 Å². The van der Waals surface area contributed by atoms with E-state index in [1.807, 2.05) is 18.2 Å². The molecule has 0 amide bonds. The SMILES string of the molecule is Cl.O=C(O)[C@@H]1C[C@H]2CCCCC2N1Cc1ccccc1. The molecule has 1 heterocycles. The van der Waals surface area contributed by atoms with Gasteiger partial charge >= 0.3 is 5.97 Å². The molecule has 1 aromatic carbocycles. The van der Waals surface area contributed by atoms with Gasteiger partial charge in [-0.1, -0.05) is 43.2 Å². The first-order chi connectivity index (χ1) is 9.25. The van der Waals surface area contributed by atoms with Gasteiger partial charge in [-0.2, -0.15) is 0 Å². The van der Waals surface area contributed by atoms with Gasteiger partial charge < -0.3 is 5.11 Å². The topological polar surface area (TPSA) is 40.5 Å². The van der Waals surface area contributed by atoms with Gasteiger partial charge in [0.25, 0.3) is 0 Å². The summed E-state index contributed by atoms with van der Waals surface area (Å²) in [5, 5.41) is 9.47. The van der Waals surface area contributed by atoms with Crippen LogP contribution in [-0.4, -0.2) is 28.1 Å². The molecule has 1 saturated heterocycles. The van der Waals surface area contributed by atoms with Crippen LogP contribution in [-0.2, 0) is 11.3 Å². The molecule has 3 rings (SSSR count). The van der Waals surface area contributed by atoms with Crippen LogP contribution in [0.15, 0.2) is 30.3 Å². The van der Waals surface area contributed by atoms with Crippen LogP contribution in [0.5, 0.6) is 0 Å². The number of carboxylic acid groups (broad SMARTS) is 1. The summed E-state index contributed by atoms with van der Waals surface area (Å²) in [5.74, 6) is -0.0520. The maximum Gasteiger partial charge on any atom is 0.320 e. The number of aliphatic carboxylic acids is 1. The zero-order valence-electron chi connectivity index (χ0n) is 11.6. The molecule has 0 aromatic heterocycles. The first-order valence-corrected chi connectivity index (χ1v) is 7.28. The van der Waals surface area contributed by atoms with Crippen molar-refractivity contribution in [1.82, 2.24) is 4.90 Å². The van der Waals surface area contributed by atoms with E-state index in [4.69, 9.17) is 0 Å². The normalized spacial score (nSPS) is 29.5. The Morgan fingerprint density at radius 3 is 2.60 bits per heavy atom. The van der Waals surface area contributed by atoms with Crippen molar-refractivity contribution < 1.29 is 9.90 Å². The monoisotopic (exact) mass is 295 g/mol. The molecule has 1 aromatic rings. The van der Waals surface area contributed by atoms with E-state index in [2.05, 4.69) is 17.0 Å². The molecule has 0 spiro atoms. The molecule has 0 radical (unpaired) electrons. The molecule has 1 saturated carbocycles. The second-order valence-electron chi connectivity index (χ2n) is 5.86. The molecule has 3 atom stereocenters. The van der Waals surface area contributed by atoms with E-state index in [1.165, 1.54) is 31.2 Å². The first-order valence-electron chi connectivity index (χ1n) is 7.28. The number of hydrogen-bond donors (Lipinski definition) is 1. The van der Waals surface area contributed by atoms with Gasteiger partial charge in [-0.15, -0.1) is 12.4 Å². The second-order valence-corrected chi connectivity index (χ2v) is 5.86. The average Bonchev–Trinajstić information content (AvgIpc) is 2.79. The molecule has 4 heteroatoms. The van der Waals surface area contributed by atoms with Crippen LogP contribution in [0, 0.1) is 5.92 Å². The Bertz CT molecular complexity index is 451. The quantitative estimate of drug-likeness (QED) is 0.930. The number of fused-ring (bicyclic) bond motifs is 1. The van der Waals surface area contributed by atoms with Crippen molar-refractivity contribution in [3.05, 3.63) is 35.9 Å². The molecule has 1 aliphatic heterocycles. The molecule has 20 heavy (non-hydrogen) atoms. The molecular weight excluding hydrogens is 274 g/mol. The van der Waals surface area contributed by atoms with Crippen molar-refractivity contribution in [1.29, 1.82) is 0 Å². The lowest BCUT2D eigenvalue weighted by Gasteiger charge is -2.33. The highest BCUT2D eigenvalue weighted by Gasteiger charge is 2.44. The Morgan fingerprint density at radius 1 is 1.20 bits per heavy atom. The molecule has 1 aliphatic carbocycles. The minimum absolute atomic E-state index is 0. The molecule has 2 fully saturated rings. The lowest BCUT2D eigenvalue weighted by atomic mass is 9.84. The van der Waals surface area contributed by atoms with Gasteiger partial charge in [0.05, 0.1) is 0 Å². The predicted octanol–water partition coefficient (Wildman–Crippen LogP) is 3.33. The molecule has 1 unspecified atom stereocenters. The summed E-state index contributed by atoms with van der Waals surface area (Å²) < 4.78 is 0. The number of halogens is 1. The summed E-state index contributed by atoms with van der Waals surface area (Å²) in [6.07, 6.45) is 5.74. The molecular formula is C16H22ClNO2. The standard InChI is InChI=1S/C16H21NO2.ClH/c18-16(19)15-10-13-8-4-5-9-14(13)17(15)11-12-6-2-1-3-7-12;/h1-3,6-7,13-15H,4-5,8-11H2,(H,18,19);1H/t13-,14?,15+;/m1./s1. The maximum absolute atomic E-state index is 11.5. The number of rotatable bonds is 3. The summed E-state index contributed by atoms with van der Waals surface area (Å²) >= 11 is 0. The molecule has 110 valence electrons. The van der Waals surface area contributed by atoms with Crippen molar-refractivity contribution in [3.8, 4) is 0 Å². The summed E-state index contributed by atoms with van der Waals surface area (Å²) in [4.78, 5) is 13.7. The fourth-order valence-corrected chi connectivity index (χ4v) is 3.82. The van der Waals surface area contributed by atoms with Crippen LogP contribution < -0.4 is 0 Å². The smallest absolute Gasteiger partial charge is 0.320 e. The van der Waals surface area contributed by atoms with Gasteiger partial charge in [0.15, 0.2) is 0 Å². The van der Waals surface area contributed by atoms with Crippen molar-refractivity contribution in [2.24, 2.45) is 5.92 Å². The lowest BCUT2D eigenvalue weighted by molar-refractivity contribution is -0.142. The van der Waals surface area contributed by atoms with Crippen LogP contribution >= 0.6 is 12.4 Å². The Kier molecular flexibility index (Phi) is 5.06. The summed E-state index contributed by atoms with van der Waals surface area (Å²) in [5.41, 5.74) is 1.22. The number of carbonyl (C=O) groups is 1. The molecule has 1 N–H and O–H groups in total. The van der Waals surface area contributed by atoms with Crippen LogP contribution in [0.1, 0.15) is 37.7 Å². The summed E-state index contributed by atoms with van der Waals surface area (Å²) in [7, 11) is 0. The minimum atomic E-state index is -0.648. The van der Waals surface area contributed by atoms with Crippen molar-refractivity contribution in [3.63, 3.8) is 0 Å². The van der Waals surface area contributed by atoms with Crippen LogP contribution in [0.4, 0.5) is 0 Å². The van der Waals surface area contributed by atoms with Crippen LogP contribution in [0.25, 0.3) is 0 Å². The fraction of sp³-hybridized carbons (Fsp3) is 0.562. The van der Waals surface area contributed by atoms with E-state index in [1.54, 1.807) is 0 Å². The van der Waals surface area contributed by atoms with E-state index < -0.39 is 5.97 Å². The zero-order valence-corrected chi connectivity index (χ0v) is 12.4. The Morgan fingerprint density at radius 2 is 1.90 bits per heavy atom. The minimum Gasteiger partial charge on any atom is -0.480 e. The van der Waals surface area contributed by atoms with E-state index >= 15 is 0 Å². The van der Waals surface area contributed by atoms with Gasteiger partial charge in [-0.05, 0) is 30.7 Å². The highest BCUT2D eigenvalue weighted by molar-refractivity contribution is 5.85. The summed E-state index contributed by atoms with van der Waals surface area (Å²) in [6, 6.07) is 10.4. The average molecular weight is 296 g/mol. The van der Waals surface area contributed by atoms with Crippen molar-refractivity contribution >= 4 is 18.4 Å². The van der Waals surface area contributed by atoms with Gasteiger partial charge in [-0.25, -0.2) is 0 Å². The Hall–Kier alpha value is -1.06. The number of carboxylic acids is 1. The Labute approximate surface area is 126 Å². The third kappa shape index (κ3) is 2.99. The third-order valence-electron chi connectivity index (χ3n) is 4.71. The van der Waals surface area contributed by atoms with E-state index in [0.29, 0.717) is 12.0 Å². The molecule has 0 bridgehead atoms. The largest absolute Gasteiger partial charge is 0.480 e. The van der Waals surface area contributed by atoms with Gasteiger partial charge in [0.1, 0.15) is 6.04 Å². The molecule has 3 nitrogen and oxygen atoms in total. The summed E-state index contributed by atoms with van der Waals surface area (Å²) in [6.45, 7) is 0.777. The second kappa shape index (κ2) is 6.59. The van der Waals surface area contributed by atoms with E-state index in [0.717, 1.165) is 13.0 Å². The number of benzene rings is 1. The highest BCUT2D eigenvalue weighted by atomic mass is 35.5. The zero-order chi connectivity index (χ0) is 13.2. The van der Waals surface area contributed by atoms with E-state index in [9.17, 15) is 9.90 Å².